The van der Waals surface area contributed by atoms with Crippen LogP contribution in [0.4, 0.5) is 3.89 Å². The molecule has 0 unspecified atom stereocenters. The predicted octanol–water partition coefficient (Wildman–Crippen LogP) is 2.04. The fourth-order valence-corrected chi connectivity index (χ4v) is 1.38. The number of pyridine rings is 1. The van der Waals surface area contributed by atoms with Gasteiger partial charge in [-0.15, -0.1) is 3.89 Å². The van der Waals surface area contributed by atoms with Gasteiger partial charge in [-0.1, -0.05) is 20.8 Å². The molecule has 0 atom stereocenters. The fourth-order valence-electron chi connectivity index (χ4n) is 0.968. The molecule has 3 nitrogen and oxygen atoms in total. The van der Waals surface area contributed by atoms with Crippen LogP contribution in [0.3, 0.4) is 0 Å². The van der Waals surface area contributed by atoms with Crippen molar-refractivity contribution in [2.75, 3.05) is 0 Å². The van der Waals surface area contributed by atoms with Crippen molar-refractivity contribution in [1.82, 2.24) is 4.98 Å². The average Bonchev–Trinajstić information content (AvgIpc) is 2.01. The molecule has 1 rings (SSSR count). The second-order valence-corrected chi connectivity index (χ2v) is 5.41. The molecule has 0 bridgehead atoms. The van der Waals surface area contributed by atoms with Crippen LogP contribution < -0.4 is 0 Å². The van der Waals surface area contributed by atoms with Gasteiger partial charge in [-0.2, -0.15) is 8.42 Å². The second-order valence-electron chi connectivity index (χ2n) is 4.07. The van der Waals surface area contributed by atoms with Crippen LogP contribution >= 0.6 is 0 Å². The molecule has 14 heavy (non-hydrogen) atoms. The summed E-state index contributed by atoms with van der Waals surface area (Å²) in [4.78, 5) is 3.50. The lowest BCUT2D eigenvalue weighted by Crippen LogP contribution is -2.13. The highest BCUT2D eigenvalue weighted by molar-refractivity contribution is 7.86. The Balaban J connectivity index is 3.14. The standard InChI is InChI=1S/C9H12FNO2S/c1-9(2,3)8-5-4-7(6-11-8)14(10,12)13/h4-6H,1-3H3. The molecule has 1 aromatic heterocycles. The molecule has 0 aliphatic rings. The van der Waals surface area contributed by atoms with E-state index in [4.69, 9.17) is 0 Å². The van der Waals surface area contributed by atoms with Crippen molar-refractivity contribution in [3.05, 3.63) is 24.0 Å². The van der Waals surface area contributed by atoms with Crippen LogP contribution in [0.25, 0.3) is 0 Å². The van der Waals surface area contributed by atoms with Crippen molar-refractivity contribution >= 4 is 10.2 Å². The van der Waals surface area contributed by atoms with Crippen molar-refractivity contribution < 1.29 is 12.3 Å². The molecule has 5 heteroatoms. The summed E-state index contributed by atoms with van der Waals surface area (Å²) >= 11 is 0. The molecule has 0 aliphatic heterocycles. The quantitative estimate of drug-likeness (QED) is 0.676. The molecule has 1 heterocycles. The van der Waals surface area contributed by atoms with Gasteiger partial charge in [0.15, 0.2) is 0 Å². The molecule has 0 spiro atoms. The monoisotopic (exact) mass is 217 g/mol. The Labute approximate surface area is 83.2 Å². The highest BCUT2D eigenvalue weighted by Gasteiger charge is 2.17. The Morgan fingerprint density at radius 2 is 1.86 bits per heavy atom. The first-order valence-electron chi connectivity index (χ1n) is 4.12. The highest BCUT2D eigenvalue weighted by atomic mass is 32.3. The molecular weight excluding hydrogens is 205 g/mol. The molecule has 0 saturated heterocycles. The minimum absolute atomic E-state index is 0.168. The van der Waals surface area contributed by atoms with Crippen molar-refractivity contribution in [3.63, 3.8) is 0 Å². The smallest absolute Gasteiger partial charge is 0.259 e. The number of rotatable bonds is 1. The zero-order valence-corrected chi connectivity index (χ0v) is 9.10. The maximum atomic E-state index is 12.5. The van der Waals surface area contributed by atoms with Gasteiger partial charge in [-0.25, -0.2) is 0 Å². The number of hydrogen-bond acceptors (Lipinski definition) is 3. The largest absolute Gasteiger partial charge is 0.333 e. The van der Waals surface area contributed by atoms with E-state index in [0.717, 1.165) is 11.9 Å². The van der Waals surface area contributed by atoms with Gasteiger partial charge in [0.25, 0.3) is 0 Å². The lowest BCUT2D eigenvalue weighted by atomic mass is 9.92. The summed E-state index contributed by atoms with van der Waals surface area (Å²) in [5.74, 6) is 0. The van der Waals surface area contributed by atoms with Crippen LogP contribution in [0.15, 0.2) is 23.2 Å². The summed E-state index contributed by atoms with van der Waals surface area (Å²) in [6, 6.07) is 2.75. The first kappa shape index (κ1) is 11.1. The predicted molar refractivity (Wildman–Crippen MR) is 51.2 cm³/mol. The molecule has 0 amide bonds. The number of halogens is 1. The molecule has 0 aliphatic carbocycles. The Bertz CT molecular complexity index is 417. The van der Waals surface area contributed by atoms with E-state index in [1.165, 1.54) is 12.1 Å². The third-order valence-electron chi connectivity index (χ3n) is 1.79. The van der Waals surface area contributed by atoms with Crippen LogP contribution in [-0.2, 0) is 15.6 Å². The van der Waals surface area contributed by atoms with E-state index in [0.29, 0.717) is 0 Å². The second kappa shape index (κ2) is 3.31. The summed E-state index contributed by atoms with van der Waals surface area (Å²) in [5, 5.41) is 0. The van der Waals surface area contributed by atoms with E-state index in [2.05, 4.69) is 4.98 Å². The van der Waals surface area contributed by atoms with Crippen molar-refractivity contribution in [2.45, 2.75) is 31.1 Å². The number of nitrogens with zero attached hydrogens (tertiary/aromatic N) is 1. The Kier molecular flexibility index (Phi) is 2.63. The molecule has 0 fully saturated rings. The lowest BCUT2D eigenvalue weighted by Gasteiger charge is -2.17. The van der Waals surface area contributed by atoms with E-state index >= 15 is 0 Å². The third-order valence-corrected chi connectivity index (χ3v) is 2.59. The minimum atomic E-state index is -4.63. The molecule has 0 N–H and O–H groups in total. The summed E-state index contributed by atoms with van der Waals surface area (Å²) in [6.07, 6.45) is 1.04. The summed E-state index contributed by atoms with van der Waals surface area (Å²) in [6.45, 7) is 5.83. The zero-order chi connectivity index (χ0) is 11.0. The molecular formula is C9H12FNO2S. The molecule has 0 aromatic carbocycles. The Hall–Kier alpha value is -0.970. The fraction of sp³-hybridized carbons (Fsp3) is 0.444. The van der Waals surface area contributed by atoms with Crippen LogP contribution in [0, 0.1) is 0 Å². The maximum absolute atomic E-state index is 12.5. The number of aromatic nitrogens is 1. The first-order chi connectivity index (χ1) is 6.21. The number of hydrogen-bond donors (Lipinski definition) is 0. The van der Waals surface area contributed by atoms with Gasteiger partial charge in [0.1, 0.15) is 4.90 Å². The van der Waals surface area contributed by atoms with Crippen molar-refractivity contribution in [3.8, 4) is 0 Å². The van der Waals surface area contributed by atoms with Crippen LogP contribution in [0.1, 0.15) is 26.5 Å². The maximum Gasteiger partial charge on any atom is 0.333 e. The van der Waals surface area contributed by atoms with Gasteiger partial charge >= 0.3 is 10.2 Å². The van der Waals surface area contributed by atoms with Crippen LogP contribution in [0.5, 0.6) is 0 Å². The van der Waals surface area contributed by atoms with Crippen molar-refractivity contribution in [2.24, 2.45) is 0 Å². The zero-order valence-electron chi connectivity index (χ0n) is 8.28. The molecule has 0 radical (unpaired) electrons. The van der Waals surface area contributed by atoms with Gasteiger partial charge in [0.05, 0.1) is 0 Å². The van der Waals surface area contributed by atoms with E-state index in [9.17, 15) is 12.3 Å². The topological polar surface area (TPSA) is 47.0 Å². The molecule has 0 saturated carbocycles. The average molecular weight is 217 g/mol. The van der Waals surface area contributed by atoms with Crippen LogP contribution in [0.2, 0.25) is 0 Å². The van der Waals surface area contributed by atoms with Gasteiger partial charge in [-0.05, 0) is 12.1 Å². The summed E-state index contributed by atoms with van der Waals surface area (Å²) in [7, 11) is -4.63. The minimum Gasteiger partial charge on any atom is -0.259 e. The van der Waals surface area contributed by atoms with E-state index in [1.807, 2.05) is 20.8 Å². The SMILES string of the molecule is CC(C)(C)c1ccc(S(=O)(=O)F)cn1. The molecule has 1 aromatic rings. The summed E-state index contributed by atoms with van der Waals surface area (Å²) < 4.78 is 33.5. The first-order valence-corrected chi connectivity index (χ1v) is 5.51. The lowest BCUT2D eigenvalue weighted by molar-refractivity contribution is 0.547. The van der Waals surface area contributed by atoms with E-state index in [-0.39, 0.29) is 5.41 Å². The van der Waals surface area contributed by atoms with E-state index in [1.54, 1.807) is 0 Å². The van der Waals surface area contributed by atoms with Gasteiger partial charge in [-0.3, -0.25) is 4.98 Å². The van der Waals surface area contributed by atoms with Crippen molar-refractivity contribution in [1.29, 1.82) is 0 Å². The Morgan fingerprint density at radius 3 is 2.14 bits per heavy atom. The van der Waals surface area contributed by atoms with Gasteiger partial charge in [0.2, 0.25) is 0 Å². The van der Waals surface area contributed by atoms with E-state index < -0.39 is 15.1 Å². The van der Waals surface area contributed by atoms with Gasteiger partial charge < -0.3 is 0 Å². The third kappa shape index (κ3) is 2.51. The van der Waals surface area contributed by atoms with Crippen LogP contribution in [-0.4, -0.2) is 13.4 Å². The molecule has 78 valence electrons. The van der Waals surface area contributed by atoms with Gasteiger partial charge in [0, 0.05) is 17.3 Å². The highest BCUT2D eigenvalue weighted by Crippen LogP contribution is 2.21. The Morgan fingerprint density at radius 1 is 1.29 bits per heavy atom. The normalized spacial score (nSPS) is 12.9. The summed E-state index contributed by atoms with van der Waals surface area (Å²) in [5.41, 5.74) is 0.559.